The molecule has 0 heterocycles. The van der Waals surface area contributed by atoms with Crippen molar-refractivity contribution in [2.24, 2.45) is 0 Å². The highest BCUT2D eigenvalue weighted by Gasteiger charge is 2.15. The molecule has 2 aromatic rings. The number of carbonyl (C=O) groups is 1. The molecule has 0 unspecified atom stereocenters. The molecule has 0 aliphatic heterocycles. The van der Waals surface area contributed by atoms with Crippen LogP contribution in [0.4, 0.5) is 21.5 Å². The van der Waals surface area contributed by atoms with Gasteiger partial charge in [0.2, 0.25) is 11.7 Å². The Labute approximate surface area is 142 Å². The first-order chi connectivity index (χ1) is 11.9. The van der Waals surface area contributed by atoms with Gasteiger partial charge in [-0.25, -0.2) is 0 Å². The van der Waals surface area contributed by atoms with E-state index in [0.29, 0.717) is 17.2 Å². The summed E-state index contributed by atoms with van der Waals surface area (Å²) in [7, 11) is 2.96. The number of nitrogens with zero attached hydrogens (tertiary/aromatic N) is 1. The van der Waals surface area contributed by atoms with Crippen LogP contribution in [0, 0.1) is 15.9 Å². The molecule has 0 bridgehead atoms. The monoisotopic (exact) mass is 349 g/mol. The van der Waals surface area contributed by atoms with E-state index in [9.17, 15) is 19.3 Å². The Bertz CT molecular complexity index is 797. The van der Waals surface area contributed by atoms with Crippen molar-refractivity contribution >= 4 is 23.0 Å². The van der Waals surface area contributed by atoms with Crippen LogP contribution in [0.25, 0.3) is 0 Å². The summed E-state index contributed by atoms with van der Waals surface area (Å²) in [5.74, 6) is -0.371. The van der Waals surface area contributed by atoms with E-state index in [1.54, 1.807) is 18.2 Å². The summed E-state index contributed by atoms with van der Waals surface area (Å²) in [6.07, 6.45) is 0. The fourth-order valence-corrected chi connectivity index (χ4v) is 2.05. The van der Waals surface area contributed by atoms with Gasteiger partial charge in [-0.2, -0.15) is 4.39 Å². The van der Waals surface area contributed by atoms with Gasteiger partial charge in [0.05, 0.1) is 31.4 Å². The molecule has 2 rings (SSSR count). The van der Waals surface area contributed by atoms with Crippen molar-refractivity contribution in [2.45, 2.75) is 0 Å². The molecule has 0 fully saturated rings. The summed E-state index contributed by atoms with van der Waals surface area (Å²) in [6, 6.07) is 8.22. The Morgan fingerprint density at radius 3 is 2.60 bits per heavy atom. The molecule has 132 valence electrons. The summed E-state index contributed by atoms with van der Waals surface area (Å²) in [5, 5.41) is 16.1. The van der Waals surface area contributed by atoms with Gasteiger partial charge in [0.15, 0.2) is 0 Å². The molecule has 2 aromatic carbocycles. The number of methoxy groups -OCH3 is 2. The lowest BCUT2D eigenvalue weighted by Crippen LogP contribution is -2.22. The van der Waals surface area contributed by atoms with Crippen molar-refractivity contribution in [3.8, 4) is 11.5 Å². The van der Waals surface area contributed by atoms with E-state index in [1.165, 1.54) is 20.3 Å². The maximum Gasteiger partial charge on any atom is 0.306 e. The Kier molecular flexibility index (Phi) is 5.72. The third-order valence-corrected chi connectivity index (χ3v) is 3.28. The molecule has 9 heteroatoms. The molecule has 0 saturated carbocycles. The van der Waals surface area contributed by atoms with Gasteiger partial charge in [-0.15, -0.1) is 0 Å². The standard InChI is InChI=1S/C16H16FN3O5/c1-24-11-4-6-15(25-2)13(8-11)19-16(21)9-18-10-3-5-12(17)14(7-10)20(22)23/h3-8,18H,9H2,1-2H3,(H,19,21). The van der Waals surface area contributed by atoms with Crippen LogP contribution in [-0.4, -0.2) is 31.6 Å². The lowest BCUT2D eigenvalue weighted by molar-refractivity contribution is -0.387. The second-order valence-corrected chi connectivity index (χ2v) is 4.89. The minimum atomic E-state index is -0.943. The van der Waals surface area contributed by atoms with E-state index >= 15 is 0 Å². The highest BCUT2D eigenvalue weighted by Crippen LogP contribution is 2.28. The number of ether oxygens (including phenoxy) is 2. The predicted octanol–water partition coefficient (Wildman–Crippen LogP) is 2.80. The SMILES string of the molecule is COc1ccc(OC)c(NC(=O)CNc2ccc(F)c([N+](=O)[O-])c2)c1. The number of nitro benzene ring substituents is 1. The molecule has 2 N–H and O–H groups in total. The van der Waals surface area contributed by atoms with Crippen LogP contribution in [0.15, 0.2) is 36.4 Å². The highest BCUT2D eigenvalue weighted by molar-refractivity contribution is 5.95. The average Bonchev–Trinajstić information content (AvgIpc) is 2.60. The average molecular weight is 349 g/mol. The van der Waals surface area contributed by atoms with E-state index in [1.807, 2.05) is 0 Å². The third-order valence-electron chi connectivity index (χ3n) is 3.28. The molecule has 25 heavy (non-hydrogen) atoms. The molecule has 0 atom stereocenters. The van der Waals surface area contributed by atoms with Crippen LogP contribution < -0.4 is 20.1 Å². The summed E-state index contributed by atoms with van der Waals surface area (Å²) in [5.41, 5.74) is -0.000493. The van der Waals surface area contributed by atoms with Gasteiger partial charge in [-0.1, -0.05) is 0 Å². The summed E-state index contributed by atoms with van der Waals surface area (Å²) in [6.45, 7) is -0.177. The molecule has 0 saturated heterocycles. The number of hydrogen-bond donors (Lipinski definition) is 2. The third kappa shape index (κ3) is 4.56. The van der Waals surface area contributed by atoms with E-state index in [4.69, 9.17) is 9.47 Å². The first kappa shape index (κ1) is 18.0. The predicted molar refractivity (Wildman–Crippen MR) is 89.7 cm³/mol. The smallest absolute Gasteiger partial charge is 0.306 e. The van der Waals surface area contributed by atoms with Crippen molar-refractivity contribution in [2.75, 3.05) is 31.4 Å². The zero-order valence-electron chi connectivity index (χ0n) is 13.5. The van der Waals surface area contributed by atoms with Crippen LogP contribution in [0.3, 0.4) is 0 Å². The van der Waals surface area contributed by atoms with Crippen molar-refractivity contribution in [3.05, 3.63) is 52.3 Å². The molecule has 0 aliphatic rings. The fourth-order valence-electron chi connectivity index (χ4n) is 2.05. The van der Waals surface area contributed by atoms with Crippen molar-refractivity contribution in [1.29, 1.82) is 0 Å². The van der Waals surface area contributed by atoms with Crippen LogP contribution in [0.5, 0.6) is 11.5 Å². The maximum absolute atomic E-state index is 13.3. The van der Waals surface area contributed by atoms with Crippen LogP contribution in [0.2, 0.25) is 0 Å². The summed E-state index contributed by atoms with van der Waals surface area (Å²) < 4.78 is 23.5. The Balaban J connectivity index is 2.04. The van der Waals surface area contributed by atoms with Gasteiger partial charge >= 0.3 is 5.69 Å². The molecule has 0 radical (unpaired) electrons. The van der Waals surface area contributed by atoms with Gasteiger partial charge in [0, 0.05) is 17.8 Å². The zero-order chi connectivity index (χ0) is 18.4. The number of amides is 1. The first-order valence-corrected chi connectivity index (χ1v) is 7.14. The molecular formula is C16H16FN3O5. The number of anilines is 2. The van der Waals surface area contributed by atoms with E-state index in [-0.39, 0.29) is 12.2 Å². The quantitative estimate of drug-likeness (QED) is 0.588. The lowest BCUT2D eigenvalue weighted by Gasteiger charge is -2.12. The molecule has 8 nitrogen and oxygen atoms in total. The van der Waals surface area contributed by atoms with Gasteiger partial charge in [-0.3, -0.25) is 14.9 Å². The topological polar surface area (TPSA) is 103 Å². The van der Waals surface area contributed by atoms with E-state index < -0.39 is 22.3 Å². The normalized spacial score (nSPS) is 10.0. The molecule has 0 aliphatic carbocycles. The minimum Gasteiger partial charge on any atom is -0.497 e. The largest absolute Gasteiger partial charge is 0.497 e. The number of halogens is 1. The summed E-state index contributed by atoms with van der Waals surface area (Å²) in [4.78, 5) is 21.9. The van der Waals surface area contributed by atoms with E-state index in [2.05, 4.69) is 10.6 Å². The first-order valence-electron chi connectivity index (χ1n) is 7.14. The van der Waals surface area contributed by atoms with Gasteiger partial charge in [0.1, 0.15) is 11.5 Å². The Morgan fingerprint density at radius 1 is 1.20 bits per heavy atom. The lowest BCUT2D eigenvalue weighted by atomic mass is 10.2. The van der Waals surface area contributed by atoms with Crippen LogP contribution >= 0.6 is 0 Å². The minimum absolute atomic E-state index is 0.177. The van der Waals surface area contributed by atoms with Crippen LogP contribution in [-0.2, 0) is 4.79 Å². The number of nitrogens with one attached hydrogen (secondary N) is 2. The van der Waals surface area contributed by atoms with Gasteiger partial charge < -0.3 is 20.1 Å². The Morgan fingerprint density at radius 2 is 1.96 bits per heavy atom. The highest BCUT2D eigenvalue weighted by atomic mass is 19.1. The maximum atomic E-state index is 13.3. The number of benzene rings is 2. The fraction of sp³-hybridized carbons (Fsp3) is 0.188. The molecule has 0 spiro atoms. The second-order valence-electron chi connectivity index (χ2n) is 4.89. The summed E-state index contributed by atoms with van der Waals surface area (Å²) >= 11 is 0. The molecule has 0 aromatic heterocycles. The number of rotatable bonds is 7. The number of carbonyl (C=O) groups excluding carboxylic acids is 1. The molecule has 1 amide bonds. The van der Waals surface area contributed by atoms with Gasteiger partial charge in [-0.05, 0) is 24.3 Å². The van der Waals surface area contributed by atoms with Crippen LogP contribution in [0.1, 0.15) is 0 Å². The zero-order valence-corrected chi connectivity index (χ0v) is 13.5. The van der Waals surface area contributed by atoms with Crippen molar-refractivity contribution in [1.82, 2.24) is 0 Å². The van der Waals surface area contributed by atoms with Gasteiger partial charge in [0.25, 0.3) is 0 Å². The van der Waals surface area contributed by atoms with Crippen molar-refractivity contribution < 1.29 is 23.6 Å². The van der Waals surface area contributed by atoms with Crippen molar-refractivity contribution in [3.63, 3.8) is 0 Å². The number of hydrogen-bond acceptors (Lipinski definition) is 6. The second kappa shape index (κ2) is 7.95. The Hall–Kier alpha value is -3.36. The molecular weight excluding hydrogens is 333 g/mol. The van der Waals surface area contributed by atoms with E-state index in [0.717, 1.165) is 12.1 Å². The number of nitro groups is 1.